The zero-order valence-electron chi connectivity index (χ0n) is 17.6. The van der Waals surface area contributed by atoms with Crippen LogP contribution in [-0.2, 0) is 4.74 Å². The van der Waals surface area contributed by atoms with Gasteiger partial charge in [-0.1, -0.05) is 0 Å². The number of pyridine rings is 1. The van der Waals surface area contributed by atoms with E-state index in [0.717, 1.165) is 12.8 Å². The Labute approximate surface area is 183 Å². The van der Waals surface area contributed by atoms with Crippen molar-refractivity contribution >= 4 is 35.1 Å². The average molecular weight is 435 g/mol. The molecule has 164 valence electrons. The van der Waals surface area contributed by atoms with Crippen LogP contribution in [0.4, 0.5) is 10.2 Å². The molecule has 1 aliphatic rings. The number of nitrogens with one attached hydrogen (secondary N) is 1. The summed E-state index contributed by atoms with van der Waals surface area (Å²) in [5.74, 6) is -1.06. The summed E-state index contributed by atoms with van der Waals surface area (Å²) in [7, 11) is 1.31. The first-order chi connectivity index (χ1) is 15.4. The molecule has 0 aliphatic heterocycles. The number of esters is 1. The number of aromatic nitrogens is 2. The van der Waals surface area contributed by atoms with Crippen molar-refractivity contribution in [2.75, 3.05) is 7.11 Å². The number of carbonyl (C=O) groups excluding carboxylic acids is 2. The number of amides is 1. The maximum Gasteiger partial charge on any atom is 0.339 e. The standard InChI is InChI=1S/C23H22FN5O3/c1-13-7-19(24)18(22(30)28-16-4-5-16)8-17(13)15(9-25)10-26-21-11-27-20-6-3-14(12-29(20)21)23(31)32-2/h3,6-12,16H,4-5,25H2,1-2H3,(H,28,30). The Hall–Kier alpha value is -4.01. The molecule has 0 bridgehead atoms. The Bertz CT molecular complexity index is 1270. The fourth-order valence-corrected chi connectivity index (χ4v) is 3.29. The number of hydrogen-bond donors (Lipinski definition) is 2. The SMILES string of the molecule is COC(=O)c1ccc2ncc(N=CC(=CN)c3cc(C(=O)NC4CC4)c(F)cc3C)n2c1. The number of halogens is 1. The van der Waals surface area contributed by atoms with Gasteiger partial charge in [-0.3, -0.25) is 9.20 Å². The van der Waals surface area contributed by atoms with Crippen LogP contribution < -0.4 is 11.1 Å². The molecule has 0 radical (unpaired) electrons. The lowest BCUT2D eigenvalue weighted by Gasteiger charge is -2.11. The second kappa shape index (κ2) is 8.62. The number of carbonyl (C=O) groups is 2. The molecule has 2 heterocycles. The third kappa shape index (κ3) is 4.22. The summed E-state index contributed by atoms with van der Waals surface area (Å²) >= 11 is 0. The van der Waals surface area contributed by atoms with Gasteiger partial charge in [-0.05, 0) is 55.2 Å². The Kier molecular flexibility index (Phi) is 5.72. The van der Waals surface area contributed by atoms with Gasteiger partial charge in [0.15, 0.2) is 5.82 Å². The van der Waals surface area contributed by atoms with E-state index in [4.69, 9.17) is 10.5 Å². The first-order valence-corrected chi connectivity index (χ1v) is 10.0. The summed E-state index contributed by atoms with van der Waals surface area (Å²) in [6, 6.07) is 6.20. The van der Waals surface area contributed by atoms with Crippen molar-refractivity contribution in [3.05, 3.63) is 70.9 Å². The minimum Gasteiger partial charge on any atom is -0.465 e. The van der Waals surface area contributed by atoms with Crippen LogP contribution in [0, 0.1) is 12.7 Å². The number of methoxy groups -OCH3 is 1. The number of benzene rings is 1. The van der Waals surface area contributed by atoms with E-state index in [1.807, 2.05) is 0 Å². The summed E-state index contributed by atoms with van der Waals surface area (Å²) in [5.41, 5.74) is 8.44. The van der Waals surface area contributed by atoms with E-state index < -0.39 is 17.7 Å². The van der Waals surface area contributed by atoms with Crippen LogP contribution in [0.3, 0.4) is 0 Å². The molecule has 1 amide bonds. The molecule has 1 fully saturated rings. The quantitative estimate of drug-likeness (QED) is 0.456. The third-order valence-corrected chi connectivity index (χ3v) is 5.20. The number of allylic oxidation sites excluding steroid dienone is 1. The van der Waals surface area contributed by atoms with Crippen molar-refractivity contribution in [2.24, 2.45) is 10.7 Å². The summed E-state index contributed by atoms with van der Waals surface area (Å²) in [6.07, 6.45) is 7.79. The molecule has 4 rings (SSSR count). The zero-order chi connectivity index (χ0) is 22.8. The molecule has 1 saturated carbocycles. The number of fused-ring (bicyclic) bond motifs is 1. The van der Waals surface area contributed by atoms with Gasteiger partial charge < -0.3 is 15.8 Å². The van der Waals surface area contributed by atoms with Gasteiger partial charge in [0.2, 0.25) is 0 Å². The van der Waals surface area contributed by atoms with Gasteiger partial charge in [-0.25, -0.2) is 19.2 Å². The second-order valence-corrected chi connectivity index (χ2v) is 7.53. The van der Waals surface area contributed by atoms with Gasteiger partial charge in [0.25, 0.3) is 5.91 Å². The Balaban J connectivity index is 1.66. The van der Waals surface area contributed by atoms with E-state index >= 15 is 0 Å². The van der Waals surface area contributed by atoms with Crippen molar-refractivity contribution in [2.45, 2.75) is 25.8 Å². The number of nitrogens with zero attached hydrogens (tertiary/aromatic N) is 3. The fourth-order valence-electron chi connectivity index (χ4n) is 3.29. The highest BCUT2D eigenvalue weighted by molar-refractivity contribution is 6.11. The van der Waals surface area contributed by atoms with Crippen LogP contribution in [0.1, 0.15) is 44.7 Å². The zero-order valence-corrected chi connectivity index (χ0v) is 17.6. The molecule has 1 aromatic carbocycles. The molecule has 0 atom stereocenters. The van der Waals surface area contributed by atoms with Gasteiger partial charge in [0.05, 0.1) is 24.4 Å². The van der Waals surface area contributed by atoms with Gasteiger partial charge in [-0.2, -0.15) is 0 Å². The average Bonchev–Trinajstić information content (AvgIpc) is 3.51. The van der Waals surface area contributed by atoms with E-state index in [2.05, 4.69) is 15.3 Å². The molecule has 0 unspecified atom stereocenters. The predicted octanol–water partition coefficient (Wildman–Crippen LogP) is 3.16. The molecule has 8 nitrogen and oxygen atoms in total. The summed E-state index contributed by atoms with van der Waals surface area (Å²) in [4.78, 5) is 32.9. The fraction of sp³-hybridized carbons (Fsp3) is 0.217. The minimum atomic E-state index is -0.588. The monoisotopic (exact) mass is 435 g/mol. The second-order valence-electron chi connectivity index (χ2n) is 7.53. The van der Waals surface area contributed by atoms with Crippen molar-refractivity contribution in [3.8, 4) is 0 Å². The lowest BCUT2D eigenvalue weighted by Crippen LogP contribution is -2.26. The number of imidazole rings is 1. The molecule has 0 spiro atoms. The van der Waals surface area contributed by atoms with Gasteiger partial charge in [0.1, 0.15) is 11.5 Å². The van der Waals surface area contributed by atoms with Crippen LogP contribution in [-0.4, -0.2) is 40.6 Å². The van der Waals surface area contributed by atoms with Crippen LogP contribution in [0.25, 0.3) is 11.2 Å². The maximum atomic E-state index is 14.4. The molecule has 0 saturated heterocycles. The van der Waals surface area contributed by atoms with E-state index in [-0.39, 0.29) is 11.6 Å². The van der Waals surface area contributed by atoms with E-state index in [1.165, 1.54) is 31.7 Å². The van der Waals surface area contributed by atoms with Crippen LogP contribution >= 0.6 is 0 Å². The Morgan fingerprint density at radius 3 is 2.78 bits per heavy atom. The Morgan fingerprint density at radius 1 is 1.31 bits per heavy atom. The van der Waals surface area contributed by atoms with Crippen molar-refractivity contribution < 1.29 is 18.7 Å². The number of hydrogen-bond acceptors (Lipinski definition) is 6. The minimum absolute atomic E-state index is 0.0391. The van der Waals surface area contributed by atoms with E-state index in [9.17, 15) is 14.0 Å². The summed E-state index contributed by atoms with van der Waals surface area (Å²) < 4.78 is 20.8. The summed E-state index contributed by atoms with van der Waals surface area (Å²) in [6.45, 7) is 1.73. The van der Waals surface area contributed by atoms with E-state index in [0.29, 0.717) is 33.7 Å². The predicted molar refractivity (Wildman–Crippen MR) is 118 cm³/mol. The molecule has 3 aromatic rings. The molecular weight excluding hydrogens is 413 g/mol. The van der Waals surface area contributed by atoms with Crippen molar-refractivity contribution in [3.63, 3.8) is 0 Å². The molecule has 32 heavy (non-hydrogen) atoms. The smallest absolute Gasteiger partial charge is 0.339 e. The number of nitrogens with two attached hydrogens (primary N) is 1. The Morgan fingerprint density at radius 2 is 2.09 bits per heavy atom. The van der Waals surface area contributed by atoms with Crippen LogP contribution in [0.5, 0.6) is 0 Å². The van der Waals surface area contributed by atoms with Crippen molar-refractivity contribution in [1.82, 2.24) is 14.7 Å². The molecule has 2 aromatic heterocycles. The third-order valence-electron chi connectivity index (χ3n) is 5.20. The van der Waals surface area contributed by atoms with E-state index in [1.54, 1.807) is 35.9 Å². The number of aryl methyl sites for hydroxylation is 1. The normalized spacial score (nSPS) is 14.2. The first-order valence-electron chi connectivity index (χ1n) is 10.0. The highest BCUT2D eigenvalue weighted by Gasteiger charge is 2.25. The topological polar surface area (TPSA) is 111 Å². The van der Waals surface area contributed by atoms with Gasteiger partial charge >= 0.3 is 5.97 Å². The van der Waals surface area contributed by atoms with Gasteiger partial charge in [0, 0.05) is 30.2 Å². The van der Waals surface area contributed by atoms with Crippen LogP contribution in [0.15, 0.2) is 47.9 Å². The molecule has 3 N–H and O–H groups in total. The largest absolute Gasteiger partial charge is 0.465 e. The first kappa shape index (κ1) is 21.2. The van der Waals surface area contributed by atoms with Crippen LogP contribution in [0.2, 0.25) is 0 Å². The van der Waals surface area contributed by atoms with Crippen molar-refractivity contribution in [1.29, 1.82) is 0 Å². The highest BCUT2D eigenvalue weighted by atomic mass is 19.1. The summed E-state index contributed by atoms with van der Waals surface area (Å²) in [5, 5.41) is 2.80. The van der Waals surface area contributed by atoms with Gasteiger partial charge in [-0.15, -0.1) is 0 Å². The maximum absolute atomic E-state index is 14.4. The molecule has 1 aliphatic carbocycles. The highest BCUT2D eigenvalue weighted by Crippen LogP contribution is 2.25. The lowest BCUT2D eigenvalue weighted by atomic mass is 9.98. The lowest BCUT2D eigenvalue weighted by molar-refractivity contribution is 0.0600. The number of rotatable bonds is 6. The number of ether oxygens (including phenoxy) is 1. The number of aliphatic imine (C=N–C) groups is 1. The molecule has 9 heteroatoms. The molecular formula is C23H22FN5O3.